The number of rotatable bonds is 11. The Labute approximate surface area is 265 Å². The summed E-state index contributed by atoms with van der Waals surface area (Å²) in [6.45, 7) is 6.80. The van der Waals surface area contributed by atoms with Gasteiger partial charge in [0.1, 0.15) is 5.75 Å². The first-order valence-electron chi connectivity index (χ1n) is 16.0. The molecule has 246 valence electrons. The number of amides is 2. The van der Waals surface area contributed by atoms with E-state index in [1.807, 2.05) is 19.9 Å². The highest BCUT2D eigenvalue weighted by Gasteiger charge is 2.57. The molecule has 1 aromatic heterocycles. The Balaban J connectivity index is 1.18. The third-order valence-electron chi connectivity index (χ3n) is 10.8. The highest BCUT2D eigenvalue weighted by Crippen LogP contribution is 2.62. The smallest absolute Gasteiger partial charge is 0.380 e. The van der Waals surface area contributed by atoms with Crippen LogP contribution in [-0.2, 0) is 21.5 Å². The summed E-state index contributed by atoms with van der Waals surface area (Å²) in [5, 5.41) is 22.4. The summed E-state index contributed by atoms with van der Waals surface area (Å²) in [5.74, 6) is 0.501. The number of benzene rings is 1. The molecular formula is C32H46N6O6S. The molecule has 13 heteroatoms. The highest BCUT2D eigenvalue weighted by molar-refractivity contribution is 7.84. The zero-order valence-corrected chi connectivity index (χ0v) is 27.1. The van der Waals surface area contributed by atoms with Gasteiger partial charge in [-0.3, -0.25) is 14.9 Å². The fourth-order valence-corrected chi connectivity index (χ4v) is 8.73. The number of nitrogens with zero attached hydrogens (tertiary/aromatic N) is 2. The van der Waals surface area contributed by atoms with E-state index in [2.05, 4.69) is 27.5 Å². The number of aliphatic hydroxyl groups excluding tert-OH is 1. The zero-order valence-electron chi connectivity index (χ0n) is 26.2. The Morgan fingerprint density at radius 2 is 1.98 bits per heavy atom. The molecule has 3 aliphatic rings. The molecule has 0 aliphatic heterocycles. The quantitative estimate of drug-likeness (QED) is 0.227. The van der Waals surface area contributed by atoms with Crippen molar-refractivity contribution >= 4 is 27.9 Å². The third-order valence-corrected chi connectivity index (χ3v) is 11.2. The summed E-state index contributed by atoms with van der Waals surface area (Å²) in [5.41, 5.74) is 7.90. The van der Waals surface area contributed by atoms with Gasteiger partial charge in [0.05, 0.1) is 12.1 Å². The molecule has 0 radical (unpaired) electrons. The lowest BCUT2D eigenvalue weighted by molar-refractivity contribution is -0.123. The van der Waals surface area contributed by atoms with E-state index in [4.69, 9.17) is 15.1 Å². The fourth-order valence-electron chi connectivity index (χ4n) is 8.36. The van der Waals surface area contributed by atoms with E-state index in [1.54, 1.807) is 12.1 Å². The molecule has 7 N–H and O–H groups in total. The number of aromatic nitrogens is 2. The molecule has 45 heavy (non-hydrogen) atoms. The average Bonchev–Trinajstić information content (AvgIpc) is 3.25. The van der Waals surface area contributed by atoms with Crippen LogP contribution in [-0.4, -0.2) is 54.0 Å². The summed E-state index contributed by atoms with van der Waals surface area (Å²) in [6.07, 6.45) is 9.43. The maximum Gasteiger partial charge on any atom is 0.380 e. The van der Waals surface area contributed by atoms with Gasteiger partial charge in [-0.25, -0.2) is 9.97 Å². The fraction of sp³-hybridized carbons (Fsp3) is 0.625. The number of hydrogen-bond donors (Lipinski definition) is 5. The number of nitrogen functional groups attached to an aromatic ring is 1. The number of aliphatic hydroxyl groups is 1. The summed E-state index contributed by atoms with van der Waals surface area (Å²) < 4.78 is 27.7. The Morgan fingerprint density at radius 1 is 1.22 bits per heavy atom. The van der Waals surface area contributed by atoms with Crippen molar-refractivity contribution in [1.82, 2.24) is 20.6 Å². The van der Waals surface area contributed by atoms with Crippen LogP contribution in [0, 0.1) is 29.1 Å². The number of nitrogens with two attached hydrogens (primary N) is 2. The first-order valence-corrected chi connectivity index (χ1v) is 17.5. The second kappa shape index (κ2) is 13.3. The molecule has 0 unspecified atom stereocenters. The molecule has 2 amide bonds. The van der Waals surface area contributed by atoms with Crippen LogP contribution in [0.25, 0.3) is 0 Å². The van der Waals surface area contributed by atoms with Crippen LogP contribution in [0.1, 0.15) is 93.3 Å². The second-order valence-corrected chi connectivity index (χ2v) is 14.6. The number of imide groups is 1. The Hall–Kier alpha value is -3.13. The van der Waals surface area contributed by atoms with Crippen LogP contribution in [0.3, 0.4) is 0 Å². The Morgan fingerprint density at radius 3 is 2.69 bits per heavy atom. The third kappa shape index (κ3) is 7.01. The molecule has 1 heterocycles. The molecule has 1 aromatic carbocycles. The minimum Gasteiger partial charge on any atom is -0.392 e. The van der Waals surface area contributed by atoms with Crippen LogP contribution in [0.5, 0.6) is 5.75 Å². The molecule has 0 spiro atoms. The standard InChI is InChI=1S/C32H46N6O6S/c1-4-18(2)26(30(40)38-31(41)27-29(33)37-15-14-36-27)35-13-5-6-20-17-25-24-9-7-19-16-21(44-45(34,42)43)8-10-22(19)23(24)11-12-32(25,3)28(20)39/h8,10,14-16,18,20,23-26,28,35,39H,4-7,9,11-13,17H2,1-3H3,(H2,33,37)(H2,34,42,43)(H,38,40,41)/t18-,20-,23+,24+,25-,26-,28-,32-/m0/s1. The van der Waals surface area contributed by atoms with Gasteiger partial charge in [0.2, 0.25) is 5.91 Å². The summed E-state index contributed by atoms with van der Waals surface area (Å²) in [4.78, 5) is 33.5. The maximum atomic E-state index is 13.1. The van der Waals surface area contributed by atoms with Crippen molar-refractivity contribution in [2.24, 2.45) is 34.2 Å². The Kier molecular flexibility index (Phi) is 9.83. The van der Waals surface area contributed by atoms with Crippen molar-refractivity contribution in [3.8, 4) is 5.75 Å². The second-order valence-electron chi connectivity index (χ2n) is 13.4. The van der Waals surface area contributed by atoms with E-state index >= 15 is 0 Å². The molecule has 2 aromatic rings. The highest BCUT2D eigenvalue weighted by atomic mass is 32.2. The van der Waals surface area contributed by atoms with Gasteiger partial charge in [0.15, 0.2) is 11.5 Å². The normalized spacial score (nSPS) is 28.7. The van der Waals surface area contributed by atoms with Gasteiger partial charge < -0.3 is 20.3 Å². The number of anilines is 1. The number of carbonyl (C=O) groups is 2. The molecular weight excluding hydrogens is 596 g/mol. The lowest BCUT2D eigenvalue weighted by atomic mass is 9.55. The van der Waals surface area contributed by atoms with Crippen molar-refractivity contribution in [1.29, 1.82) is 0 Å². The summed E-state index contributed by atoms with van der Waals surface area (Å²) >= 11 is 0. The van der Waals surface area contributed by atoms with Crippen molar-refractivity contribution in [2.75, 3.05) is 12.3 Å². The van der Waals surface area contributed by atoms with Crippen LogP contribution in [0.4, 0.5) is 5.82 Å². The average molecular weight is 643 g/mol. The molecule has 2 fully saturated rings. The van der Waals surface area contributed by atoms with E-state index in [0.717, 1.165) is 56.9 Å². The first-order chi connectivity index (χ1) is 21.3. The number of hydrogen-bond acceptors (Lipinski definition) is 10. The molecule has 5 rings (SSSR count). The predicted octanol–water partition coefficient (Wildman–Crippen LogP) is 2.83. The molecule has 3 aliphatic carbocycles. The zero-order chi connectivity index (χ0) is 32.5. The minimum absolute atomic E-state index is 0.00989. The van der Waals surface area contributed by atoms with E-state index in [1.165, 1.54) is 18.0 Å². The first kappa shape index (κ1) is 33.2. The largest absolute Gasteiger partial charge is 0.392 e. The monoisotopic (exact) mass is 642 g/mol. The van der Waals surface area contributed by atoms with E-state index in [0.29, 0.717) is 24.3 Å². The van der Waals surface area contributed by atoms with Crippen molar-refractivity contribution < 1.29 is 27.3 Å². The number of aryl methyl sites for hydroxylation is 1. The van der Waals surface area contributed by atoms with Crippen LogP contribution >= 0.6 is 0 Å². The van der Waals surface area contributed by atoms with Crippen molar-refractivity contribution in [3.63, 3.8) is 0 Å². The number of fused-ring (bicyclic) bond motifs is 5. The topological polar surface area (TPSA) is 200 Å². The lowest BCUT2D eigenvalue weighted by Crippen LogP contribution is -2.50. The van der Waals surface area contributed by atoms with Crippen molar-refractivity contribution in [2.45, 2.75) is 90.2 Å². The van der Waals surface area contributed by atoms with Gasteiger partial charge in [-0.1, -0.05) is 33.3 Å². The molecule has 0 saturated heterocycles. The molecule has 12 nitrogen and oxygen atoms in total. The van der Waals surface area contributed by atoms with Crippen LogP contribution in [0.15, 0.2) is 30.6 Å². The van der Waals surface area contributed by atoms with E-state index in [-0.39, 0.29) is 40.6 Å². The van der Waals surface area contributed by atoms with Gasteiger partial charge in [-0.05, 0) is 110 Å². The summed E-state index contributed by atoms with van der Waals surface area (Å²) in [6, 6.07) is 4.91. The predicted molar refractivity (Wildman–Crippen MR) is 169 cm³/mol. The maximum absolute atomic E-state index is 13.1. The van der Waals surface area contributed by atoms with Crippen molar-refractivity contribution in [3.05, 3.63) is 47.4 Å². The minimum atomic E-state index is -4.08. The lowest BCUT2D eigenvalue weighted by Gasteiger charge is -2.50. The van der Waals surface area contributed by atoms with Crippen LogP contribution < -0.4 is 25.7 Å². The van der Waals surface area contributed by atoms with E-state index in [9.17, 15) is 23.1 Å². The SMILES string of the molecule is CC[C@H](C)[C@H](NCCC[C@H]1C[C@H]2[C@@H]3CCc4cc(OS(N)(=O)=O)ccc4[C@H]3CC[C@]2(C)[C@H]1O)C(=O)NC(=O)c1nccnc1N. The Bertz CT molecular complexity index is 1520. The number of nitrogens with one attached hydrogen (secondary N) is 2. The van der Waals surface area contributed by atoms with Gasteiger partial charge in [0, 0.05) is 12.4 Å². The number of carbonyl (C=O) groups excluding carboxylic acids is 2. The van der Waals surface area contributed by atoms with E-state index < -0.39 is 28.2 Å². The molecule has 2 saturated carbocycles. The van der Waals surface area contributed by atoms with Gasteiger partial charge >= 0.3 is 10.3 Å². The molecule has 0 bridgehead atoms. The molecule has 8 atom stereocenters. The van der Waals surface area contributed by atoms with Gasteiger partial charge in [0.25, 0.3) is 5.91 Å². The summed E-state index contributed by atoms with van der Waals surface area (Å²) in [7, 11) is -4.08. The van der Waals surface area contributed by atoms with Gasteiger partial charge in [-0.15, -0.1) is 0 Å². The van der Waals surface area contributed by atoms with Gasteiger partial charge in [-0.2, -0.15) is 13.6 Å². The van der Waals surface area contributed by atoms with Crippen LogP contribution in [0.2, 0.25) is 0 Å².